The number of amides is 2. The Morgan fingerprint density at radius 1 is 0.971 bits per heavy atom. The van der Waals surface area contributed by atoms with Crippen LogP contribution in [0.3, 0.4) is 0 Å². The predicted molar refractivity (Wildman–Crippen MR) is 130 cm³/mol. The second-order valence-corrected chi connectivity index (χ2v) is 11.6. The van der Waals surface area contributed by atoms with E-state index >= 15 is 0 Å². The maximum absolute atomic E-state index is 13.3. The standard InChI is InChI=1S/C25H24ClN3O5S/c1-15-5-8-17(29(32)13-15)14-28-23(30)21-19(26)11-12-20(22(21)24(28)31)27-35(33,34)18-9-6-16(7-10-18)25(2,3)4/h5-13H,14H2,1-4H3,(H-,27,31,32)/p+1. The maximum atomic E-state index is 13.3. The Labute approximate surface area is 208 Å². The van der Waals surface area contributed by atoms with Crippen molar-refractivity contribution < 1.29 is 27.9 Å². The summed E-state index contributed by atoms with van der Waals surface area (Å²) in [7, 11) is -4.06. The van der Waals surface area contributed by atoms with Crippen molar-refractivity contribution in [3.63, 3.8) is 0 Å². The summed E-state index contributed by atoms with van der Waals surface area (Å²) in [6, 6.07) is 12.5. The number of pyridine rings is 1. The predicted octanol–water partition coefficient (Wildman–Crippen LogP) is 4.07. The Balaban J connectivity index is 1.68. The lowest BCUT2D eigenvalue weighted by atomic mass is 9.87. The van der Waals surface area contributed by atoms with E-state index in [0.29, 0.717) is 5.69 Å². The Bertz CT molecular complexity index is 1460. The minimum absolute atomic E-state index is 0.0174. The van der Waals surface area contributed by atoms with Gasteiger partial charge in [-0.05, 0) is 48.2 Å². The highest BCUT2D eigenvalue weighted by Gasteiger charge is 2.41. The summed E-state index contributed by atoms with van der Waals surface area (Å²) in [5.74, 6) is -1.39. The van der Waals surface area contributed by atoms with Crippen molar-refractivity contribution in [1.29, 1.82) is 0 Å². The highest BCUT2D eigenvalue weighted by atomic mass is 35.5. The number of nitrogens with zero attached hydrogens (tertiary/aromatic N) is 2. The van der Waals surface area contributed by atoms with Crippen molar-refractivity contribution in [3.8, 4) is 0 Å². The minimum atomic E-state index is -4.06. The molecule has 0 unspecified atom stereocenters. The Morgan fingerprint density at radius 2 is 1.60 bits per heavy atom. The highest BCUT2D eigenvalue weighted by molar-refractivity contribution is 7.92. The number of imide groups is 1. The van der Waals surface area contributed by atoms with Crippen molar-refractivity contribution in [3.05, 3.63) is 87.7 Å². The van der Waals surface area contributed by atoms with Crippen LogP contribution in [-0.2, 0) is 22.0 Å². The number of carbonyl (C=O) groups is 2. The van der Waals surface area contributed by atoms with Gasteiger partial charge in [-0.25, -0.2) is 8.42 Å². The number of fused-ring (bicyclic) bond motifs is 1. The molecule has 2 heterocycles. The first kappa shape index (κ1) is 24.7. The van der Waals surface area contributed by atoms with Gasteiger partial charge >= 0.3 is 0 Å². The van der Waals surface area contributed by atoms with Crippen molar-refractivity contribution >= 4 is 39.1 Å². The Kier molecular flexibility index (Phi) is 6.11. The summed E-state index contributed by atoms with van der Waals surface area (Å²) in [5, 5.41) is 10.2. The fourth-order valence-corrected chi connectivity index (χ4v) is 5.16. The minimum Gasteiger partial charge on any atom is -0.285 e. The molecule has 0 saturated heterocycles. The molecule has 35 heavy (non-hydrogen) atoms. The van der Waals surface area contributed by atoms with E-state index in [4.69, 9.17) is 11.6 Å². The van der Waals surface area contributed by atoms with E-state index in [0.717, 1.165) is 20.8 Å². The molecule has 182 valence electrons. The van der Waals surface area contributed by atoms with Crippen molar-refractivity contribution in [2.45, 2.75) is 44.6 Å². The molecule has 0 radical (unpaired) electrons. The fraction of sp³-hybridized carbons (Fsp3) is 0.240. The van der Waals surface area contributed by atoms with Crippen LogP contribution in [0.25, 0.3) is 0 Å². The van der Waals surface area contributed by atoms with Gasteiger partial charge in [0.1, 0.15) is 6.54 Å². The molecule has 8 nitrogen and oxygen atoms in total. The summed E-state index contributed by atoms with van der Waals surface area (Å²) in [5.41, 5.74) is 1.64. The smallest absolute Gasteiger partial charge is 0.264 e. The van der Waals surface area contributed by atoms with Crippen LogP contribution in [0.2, 0.25) is 5.02 Å². The van der Waals surface area contributed by atoms with Gasteiger partial charge in [0.2, 0.25) is 6.20 Å². The molecule has 1 aromatic heterocycles. The number of halogens is 1. The summed E-state index contributed by atoms with van der Waals surface area (Å²) in [6.07, 6.45) is 1.45. The van der Waals surface area contributed by atoms with Crippen LogP contribution in [0.5, 0.6) is 0 Å². The zero-order chi connectivity index (χ0) is 25.7. The number of nitrogens with one attached hydrogen (secondary N) is 1. The van der Waals surface area contributed by atoms with Gasteiger partial charge in [-0.2, -0.15) is 0 Å². The number of aromatic nitrogens is 1. The zero-order valence-corrected chi connectivity index (χ0v) is 21.2. The maximum Gasteiger partial charge on any atom is 0.264 e. The third-order valence-corrected chi connectivity index (χ3v) is 7.52. The summed E-state index contributed by atoms with van der Waals surface area (Å²) in [4.78, 5) is 27.3. The molecular weight excluding hydrogens is 490 g/mol. The molecule has 0 bridgehead atoms. The lowest BCUT2D eigenvalue weighted by molar-refractivity contribution is -0.910. The van der Waals surface area contributed by atoms with Crippen LogP contribution in [0.4, 0.5) is 5.69 Å². The summed E-state index contributed by atoms with van der Waals surface area (Å²) < 4.78 is 29.5. The number of rotatable bonds is 5. The monoisotopic (exact) mass is 514 g/mol. The largest absolute Gasteiger partial charge is 0.285 e. The van der Waals surface area contributed by atoms with Gasteiger partial charge in [0, 0.05) is 16.4 Å². The average molecular weight is 515 g/mol. The van der Waals surface area contributed by atoms with E-state index < -0.39 is 21.8 Å². The Morgan fingerprint density at radius 3 is 2.20 bits per heavy atom. The molecule has 0 fully saturated rings. The first-order chi connectivity index (χ1) is 16.3. The quantitative estimate of drug-likeness (QED) is 0.303. The summed E-state index contributed by atoms with van der Waals surface area (Å²) in [6.45, 7) is 7.63. The van der Waals surface area contributed by atoms with E-state index in [9.17, 15) is 23.2 Å². The number of aryl methyl sites for hydroxylation is 1. The van der Waals surface area contributed by atoms with Gasteiger partial charge in [0.25, 0.3) is 27.5 Å². The van der Waals surface area contributed by atoms with Crippen LogP contribution in [0, 0.1) is 6.92 Å². The number of carbonyl (C=O) groups excluding carboxylic acids is 2. The fourth-order valence-electron chi connectivity index (χ4n) is 3.85. The normalized spacial score (nSPS) is 13.8. The molecule has 10 heteroatoms. The molecule has 4 rings (SSSR count). The molecule has 0 spiro atoms. The number of anilines is 1. The molecule has 1 aliphatic heterocycles. The van der Waals surface area contributed by atoms with Gasteiger partial charge in [-0.1, -0.05) is 44.5 Å². The van der Waals surface area contributed by atoms with Crippen molar-refractivity contribution in [2.75, 3.05) is 4.72 Å². The van der Waals surface area contributed by atoms with Crippen LogP contribution < -0.4 is 9.45 Å². The van der Waals surface area contributed by atoms with E-state index in [1.54, 1.807) is 31.2 Å². The third kappa shape index (κ3) is 4.61. The van der Waals surface area contributed by atoms with E-state index in [-0.39, 0.29) is 38.7 Å². The van der Waals surface area contributed by atoms with Gasteiger partial charge < -0.3 is 0 Å². The van der Waals surface area contributed by atoms with E-state index in [1.807, 2.05) is 20.8 Å². The topological polar surface area (TPSA) is 108 Å². The number of hydrogen-bond donors (Lipinski definition) is 2. The molecule has 0 aliphatic carbocycles. The van der Waals surface area contributed by atoms with Crippen LogP contribution >= 0.6 is 11.6 Å². The molecular formula is C25H25ClN3O5S+. The lowest BCUT2D eigenvalue weighted by Crippen LogP contribution is -2.40. The zero-order valence-electron chi connectivity index (χ0n) is 19.7. The molecule has 2 aromatic carbocycles. The molecule has 1 aliphatic rings. The third-order valence-electron chi connectivity index (χ3n) is 5.83. The SMILES string of the molecule is Cc1ccc(CN2C(=O)c3c(Cl)ccc(NS(=O)(=O)c4ccc(C(C)(C)C)cc4)c3C2=O)[n+](O)c1. The Hall–Kier alpha value is -3.43. The lowest BCUT2D eigenvalue weighted by Gasteiger charge is -2.19. The van der Waals surface area contributed by atoms with Crippen LogP contribution in [0.1, 0.15) is 58.3 Å². The first-order valence-electron chi connectivity index (χ1n) is 10.8. The highest BCUT2D eigenvalue weighted by Crippen LogP contribution is 2.36. The second-order valence-electron chi connectivity index (χ2n) is 9.46. The molecule has 3 aromatic rings. The van der Waals surface area contributed by atoms with Crippen molar-refractivity contribution in [1.82, 2.24) is 4.90 Å². The molecule has 2 amide bonds. The van der Waals surface area contributed by atoms with E-state index in [1.165, 1.54) is 30.5 Å². The van der Waals surface area contributed by atoms with Gasteiger partial charge in [0.15, 0.2) is 0 Å². The first-order valence-corrected chi connectivity index (χ1v) is 12.7. The van der Waals surface area contributed by atoms with E-state index in [2.05, 4.69) is 4.72 Å². The van der Waals surface area contributed by atoms with Gasteiger partial charge in [0.05, 0.1) is 26.7 Å². The molecule has 2 N–H and O–H groups in total. The number of hydrogen-bond acceptors (Lipinski definition) is 5. The number of benzene rings is 2. The summed E-state index contributed by atoms with van der Waals surface area (Å²) >= 11 is 6.24. The van der Waals surface area contributed by atoms with Crippen LogP contribution in [0.15, 0.2) is 59.6 Å². The number of sulfonamides is 1. The van der Waals surface area contributed by atoms with Gasteiger partial charge in [-0.15, -0.1) is 0 Å². The van der Waals surface area contributed by atoms with Crippen LogP contribution in [-0.4, -0.2) is 30.3 Å². The van der Waals surface area contributed by atoms with Crippen molar-refractivity contribution in [2.24, 2.45) is 0 Å². The second kappa shape index (κ2) is 8.66. The molecule has 0 atom stereocenters. The van der Waals surface area contributed by atoms with Gasteiger partial charge in [-0.3, -0.25) is 24.4 Å². The average Bonchev–Trinajstić information content (AvgIpc) is 3.03. The molecule has 0 saturated carbocycles.